The third-order valence-corrected chi connectivity index (χ3v) is 4.83. The zero-order valence-corrected chi connectivity index (χ0v) is 18.1. The summed E-state index contributed by atoms with van der Waals surface area (Å²) in [5, 5.41) is 7.05. The van der Waals surface area contributed by atoms with Crippen molar-refractivity contribution in [3.8, 4) is 0 Å². The second-order valence-corrected chi connectivity index (χ2v) is 8.67. The number of amides is 1. The van der Waals surface area contributed by atoms with Gasteiger partial charge in [-0.3, -0.25) is 9.69 Å². The molecule has 0 saturated heterocycles. The van der Waals surface area contributed by atoms with E-state index in [1.54, 1.807) is 0 Å². The second-order valence-electron chi connectivity index (χ2n) is 8.67. The van der Waals surface area contributed by atoms with Gasteiger partial charge >= 0.3 is 0 Å². The summed E-state index contributed by atoms with van der Waals surface area (Å²) in [5.41, 5.74) is 2.28. The lowest BCUT2D eigenvalue weighted by molar-refractivity contribution is -0.121. The molecule has 1 amide bonds. The summed E-state index contributed by atoms with van der Waals surface area (Å²) in [6.45, 7) is 11.9. The summed E-state index contributed by atoms with van der Waals surface area (Å²) >= 11 is 0. The molecule has 2 rings (SSSR count). The van der Waals surface area contributed by atoms with E-state index >= 15 is 0 Å². The number of rotatable bonds is 9. The Labute approximate surface area is 168 Å². The Morgan fingerprint density at radius 2 is 1.89 bits per heavy atom. The van der Waals surface area contributed by atoms with E-state index in [0.29, 0.717) is 43.6 Å². The van der Waals surface area contributed by atoms with Crippen molar-refractivity contribution in [3.63, 3.8) is 0 Å². The van der Waals surface area contributed by atoms with Gasteiger partial charge in [0.15, 0.2) is 5.82 Å². The molecule has 0 atom stereocenters. The summed E-state index contributed by atoms with van der Waals surface area (Å²) in [4.78, 5) is 18.9. The fourth-order valence-electron chi connectivity index (χ4n) is 2.68. The van der Waals surface area contributed by atoms with Crippen LogP contribution >= 0.6 is 0 Å². The average molecular weight is 387 g/mol. The van der Waals surface area contributed by atoms with Gasteiger partial charge in [-0.1, -0.05) is 50.2 Å². The minimum Gasteiger partial charge on any atom is -0.352 e. The molecule has 0 aliphatic heterocycles. The number of hydrogen-bond donors (Lipinski definition) is 1. The van der Waals surface area contributed by atoms with E-state index in [9.17, 15) is 4.79 Å². The molecule has 1 heterocycles. The summed E-state index contributed by atoms with van der Waals surface area (Å²) < 4.78 is 5.28. The van der Waals surface area contributed by atoms with Gasteiger partial charge in [0.25, 0.3) is 0 Å². The number of aromatic nitrogens is 2. The van der Waals surface area contributed by atoms with Gasteiger partial charge in [0.2, 0.25) is 11.8 Å². The van der Waals surface area contributed by atoms with Crippen LogP contribution in [0.1, 0.15) is 70.3 Å². The zero-order chi connectivity index (χ0) is 20.7. The number of carbonyl (C=O) groups excluding carboxylic acids is 1. The van der Waals surface area contributed by atoms with Crippen LogP contribution in [0.3, 0.4) is 0 Å². The molecule has 0 spiro atoms. The van der Waals surface area contributed by atoms with Crippen molar-refractivity contribution < 1.29 is 9.32 Å². The first kappa shape index (κ1) is 22.1. The highest BCUT2D eigenvalue weighted by atomic mass is 16.5. The summed E-state index contributed by atoms with van der Waals surface area (Å²) in [7, 11) is 2.11. The van der Waals surface area contributed by atoms with Gasteiger partial charge in [-0.2, -0.15) is 4.98 Å². The highest BCUT2D eigenvalue weighted by molar-refractivity contribution is 5.75. The third kappa shape index (κ3) is 6.75. The fraction of sp³-hybridized carbons (Fsp3) is 0.591. The Morgan fingerprint density at radius 1 is 1.21 bits per heavy atom. The van der Waals surface area contributed by atoms with Crippen LogP contribution in [0, 0.1) is 0 Å². The SMILES string of the molecule is CC(C)N(C)Cc1ccccc1CNC(=O)CCCc1nc(C(C)(C)C)no1. The minimum atomic E-state index is -0.129. The van der Waals surface area contributed by atoms with E-state index in [1.807, 2.05) is 32.9 Å². The van der Waals surface area contributed by atoms with Crippen molar-refractivity contribution in [1.82, 2.24) is 20.4 Å². The van der Waals surface area contributed by atoms with E-state index < -0.39 is 0 Å². The summed E-state index contributed by atoms with van der Waals surface area (Å²) in [6.07, 6.45) is 1.75. The van der Waals surface area contributed by atoms with Crippen LogP contribution in [0.25, 0.3) is 0 Å². The topological polar surface area (TPSA) is 71.3 Å². The standard InChI is InChI=1S/C22H34N4O2/c1-16(2)26(6)15-18-11-8-7-10-17(18)14-23-19(27)12-9-13-20-24-21(25-28-20)22(3,4)5/h7-8,10-11,16H,9,12-15H2,1-6H3,(H,23,27). The van der Waals surface area contributed by atoms with Gasteiger partial charge in [0, 0.05) is 37.4 Å². The zero-order valence-electron chi connectivity index (χ0n) is 18.1. The number of benzene rings is 1. The first-order valence-corrected chi connectivity index (χ1v) is 10.0. The molecule has 1 N–H and O–H groups in total. The number of nitrogens with zero attached hydrogens (tertiary/aromatic N) is 3. The summed E-state index contributed by atoms with van der Waals surface area (Å²) in [5.74, 6) is 1.34. The lowest BCUT2D eigenvalue weighted by Gasteiger charge is -2.22. The van der Waals surface area contributed by atoms with E-state index in [0.717, 1.165) is 12.1 Å². The van der Waals surface area contributed by atoms with Crippen LogP contribution in [0.5, 0.6) is 0 Å². The lowest BCUT2D eigenvalue weighted by Crippen LogP contribution is -2.27. The van der Waals surface area contributed by atoms with Crippen LogP contribution in [0.15, 0.2) is 28.8 Å². The van der Waals surface area contributed by atoms with Gasteiger partial charge < -0.3 is 9.84 Å². The summed E-state index contributed by atoms with van der Waals surface area (Å²) in [6, 6.07) is 8.75. The largest absolute Gasteiger partial charge is 0.352 e. The molecule has 1 aromatic heterocycles. The maximum absolute atomic E-state index is 12.2. The Bertz CT molecular complexity index is 762. The first-order chi connectivity index (χ1) is 13.2. The van der Waals surface area contributed by atoms with Crippen LogP contribution < -0.4 is 5.32 Å². The molecule has 6 nitrogen and oxygen atoms in total. The molecule has 0 bridgehead atoms. The molecule has 0 aliphatic carbocycles. The Hall–Kier alpha value is -2.21. The molecule has 154 valence electrons. The van der Waals surface area contributed by atoms with Crippen LogP contribution in [-0.4, -0.2) is 34.0 Å². The van der Waals surface area contributed by atoms with E-state index in [4.69, 9.17) is 4.52 Å². The third-order valence-electron chi connectivity index (χ3n) is 4.83. The molecule has 28 heavy (non-hydrogen) atoms. The number of aryl methyl sites for hydroxylation is 1. The van der Waals surface area contributed by atoms with Crippen molar-refractivity contribution in [3.05, 3.63) is 47.1 Å². The fourth-order valence-corrected chi connectivity index (χ4v) is 2.68. The Kier molecular flexibility index (Phi) is 7.75. The monoisotopic (exact) mass is 386 g/mol. The second kappa shape index (κ2) is 9.82. The number of nitrogens with one attached hydrogen (secondary N) is 1. The highest BCUT2D eigenvalue weighted by Gasteiger charge is 2.20. The molecule has 0 saturated carbocycles. The molecular weight excluding hydrogens is 352 g/mol. The highest BCUT2D eigenvalue weighted by Crippen LogP contribution is 2.19. The van der Waals surface area contributed by atoms with Gasteiger partial charge in [-0.25, -0.2) is 0 Å². The van der Waals surface area contributed by atoms with Crippen LogP contribution in [0.4, 0.5) is 0 Å². The molecule has 6 heteroatoms. The predicted molar refractivity (Wildman–Crippen MR) is 111 cm³/mol. The van der Waals surface area contributed by atoms with Crippen molar-refractivity contribution >= 4 is 5.91 Å². The first-order valence-electron chi connectivity index (χ1n) is 10.0. The van der Waals surface area contributed by atoms with Crippen molar-refractivity contribution in [2.24, 2.45) is 0 Å². The molecule has 0 fully saturated rings. The molecule has 1 aromatic carbocycles. The molecule has 2 aromatic rings. The van der Waals surface area contributed by atoms with Crippen LogP contribution in [-0.2, 0) is 29.7 Å². The molecular formula is C22H34N4O2. The number of carbonyl (C=O) groups is 1. The lowest BCUT2D eigenvalue weighted by atomic mass is 9.96. The molecule has 0 unspecified atom stereocenters. The van der Waals surface area contributed by atoms with E-state index in [-0.39, 0.29) is 11.3 Å². The average Bonchev–Trinajstić information content (AvgIpc) is 3.10. The van der Waals surface area contributed by atoms with Gasteiger partial charge in [-0.15, -0.1) is 0 Å². The van der Waals surface area contributed by atoms with Crippen molar-refractivity contribution in [2.75, 3.05) is 7.05 Å². The minimum absolute atomic E-state index is 0.0441. The van der Waals surface area contributed by atoms with Gasteiger partial charge in [0.05, 0.1) is 0 Å². The molecule has 0 radical (unpaired) electrons. The van der Waals surface area contributed by atoms with Crippen molar-refractivity contribution in [1.29, 1.82) is 0 Å². The Balaban J connectivity index is 1.79. The maximum atomic E-state index is 12.2. The Morgan fingerprint density at radius 3 is 2.50 bits per heavy atom. The van der Waals surface area contributed by atoms with E-state index in [2.05, 4.69) is 53.4 Å². The van der Waals surface area contributed by atoms with Crippen LogP contribution in [0.2, 0.25) is 0 Å². The van der Waals surface area contributed by atoms with Gasteiger partial charge in [-0.05, 0) is 38.4 Å². The maximum Gasteiger partial charge on any atom is 0.226 e. The molecule has 0 aliphatic rings. The normalized spacial score (nSPS) is 12.0. The smallest absolute Gasteiger partial charge is 0.226 e. The quantitative estimate of drug-likeness (QED) is 0.709. The predicted octanol–water partition coefficient (Wildman–Crippen LogP) is 3.85. The van der Waals surface area contributed by atoms with Gasteiger partial charge in [0.1, 0.15) is 0 Å². The van der Waals surface area contributed by atoms with Crippen molar-refractivity contribution in [2.45, 2.75) is 78.4 Å². The number of hydrogen-bond acceptors (Lipinski definition) is 5. The van der Waals surface area contributed by atoms with E-state index in [1.165, 1.54) is 5.56 Å².